The van der Waals surface area contributed by atoms with Gasteiger partial charge in [-0.05, 0) is 26.3 Å². The van der Waals surface area contributed by atoms with E-state index >= 15 is 0 Å². The van der Waals surface area contributed by atoms with Crippen molar-refractivity contribution in [2.75, 3.05) is 27.2 Å². The van der Waals surface area contributed by atoms with Crippen molar-refractivity contribution < 1.29 is 15.0 Å². The normalized spacial score (nSPS) is 16.7. The lowest BCUT2D eigenvalue weighted by Gasteiger charge is -2.30. The highest BCUT2D eigenvalue weighted by molar-refractivity contribution is 7.19. The Hall–Kier alpha value is -1.61. The standard InChI is InChI=1S/C18H26N6OS/c1-11-20-17-15(12-8-18(2,3)25-10-13(12)26-17)16-21-14(22-24(11)16)9-19-6-7-23(4)5/h19H,6-10H2,1-5H3/p+2. The van der Waals surface area contributed by atoms with Gasteiger partial charge in [-0.3, -0.25) is 0 Å². The van der Waals surface area contributed by atoms with Gasteiger partial charge in [0.2, 0.25) is 5.82 Å². The number of ether oxygens (including phenoxy) is 1. The highest BCUT2D eigenvalue weighted by Crippen LogP contribution is 2.39. The Morgan fingerprint density at radius 1 is 1.31 bits per heavy atom. The van der Waals surface area contributed by atoms with Crippen molar-refractivity contribution in [3.8, 4) is 0 Å². The summed E-state index contributed by atoms with van der Waals surface area (Å²) in [6, 6.07) is 0. The number of aryl methyl sites for hydroxylation is 1. The summed E-state index contributed by atoms with van der Waals surface area (Å²) in [7, 11) is 4.35. The summed E-state index contributed by atoms with van der Waals surface area (Å²) in [6.45, 7) is 9.97. The van der Waals surface area contributed by atoms with Crippen molar-refractivity contribution in [3.63, 3.8) is 0 Å². The summed E-state index contributed by atoms with van der Waals surface area (Å²) < 4.78 is 7.90. The molecule has 0 amide bonds. The van der Waals surface area contributed by atoms with Gasteiger partial charge >= 0.3 is 0 Å². The van der Waals surface area contributed by atoms with Crippen LogP contribution >= 0.6 is 11.3 Å². The van der Waals surface area contributed by atoms with Crippen molar-refractivity contribution in [2.24, 2.45) is 0 Å². The molecule has 26 heavy (non-hydrogen) atoms. The van der Waals surface area contributed by atoms with Crippen LogP contribution in [0.15, 0.2) is 0 Å². The zero-order chi connectivity index (χ0) is 18.5. The number of nitrogens with zero attached hydrogens (tertiary/aromatic N) is 4. The number of fused-ring (bicyclic) bond motifs is 5. The number of nitrogens with two attached hydrogens (primary N) is 1. The maximum Gasteiger partial charge on any atom is 0.206 e. The van der Waals surface area contributed by atoms with Gasteiger partial charge in [0, 0.05) is 11.3 Å². The Labute approximate surface area is 157 Å². The Kier molecular flexibility index (Phi) is 4.46. The quantitative estimate of drug-likeness (QED) is 0.600. The second-order valence-corrected chi connectivity index (χ2v) is 9.15. The van der Waals surface area contributed by atoms with E-state index in [1.807, 2.05) is 11.4 Å². The molecule has 0 spiro atoms. The predicted molar refractivity (Wildman–Crippen MR) is 102 cm³/mol. The monoisotopic (exact) mass is 376 g/mol. The van der Waals surface area contributed by atoms with Crippen LogP contribution in [0, 0.1) is 6.92 Å². The van der Waals surface area contributed by atoms with Crippen LogP contribution in [0.2, 0.25) is 0 Å². The van der Waals surface area contributed by atoms with Gasteiger partial charge in [0.05, 0.1) is 31.7 Å². The summed E-state index contributed by atoms with van der Waals surface area (Å²) in [6.07, 6.45) is 0.892. The van der Waals surface area contributed by atoms with Crippen molar-refractivity contribution in [1.29, 1.82) is 0 Å². The number of quaternary nitrogens is 2. The molecule has 0 unspecified atom stereocenters. The molecule has 4 rings (SSSR count). The molecule has 1 aliphatic heterocycles. The van der Waals surface area contributed by atoms with Crippen LogP contribution in [-0.4, -0.2) is 52.4 Å². The van der Waals surface area contributed by atoms with Gasteiger partial charge in [0.1, 0.15) is 30.3 Å². The largest absolute Gasteiger partial charge is 0.370 e. The number of thiophene rings is 1. The highest BCUT2D eigenvalue weighted by atomic mass is 32.1. The van der Waals surface area contributed by atoms with Crippen LogP contribution in [0.3, 0.4) is 0 Å². The van der Waals surface area contributed by atoms with Gasteiger partial charge in [-0.25, -0.2) is 9.97 Å². The second-order valence-electron chi connectivity index (χ2n) is 8.07. The zero-order valence-electron chi connectivity index (χ0n) is 16.2. The molecule has 0 fully saturated rings. The number of hydrogen-bond donors (Lipinski definition) is 2. The van der Waals surface area contributed by atoms with Crippen molar-refractivity contribution in [3.05, 3.63) is 22.1 Å². The van der Waals surface area contributed by atoms with E-state index < -0.39 is 0 Å². The molecule has 0 radical (unpaired) electrons. The van der Waals surface area contributed by atoms with Crippen LogP contribution in [0.5, 0.6) is 0 Å². The molecule has 140 valence electrons. The summed E-state index contributed by atoms with van der Waals surface area (Å²) in [5, 5.41) is 8.17. The molecule has 0 atom stereocenters. The minimum atomic E-state index is -0.145. The number of hydrogen-bond acceptors (Lipinski definition) is 5. The van der Waals surface area contributed by atoms with E-state index in [1.54, 1.807) is 11.3 Å². The third-order valence-electron chi connectivity index (χ3n) is 4.89. The Balaban J connectivity index is 1.73. The van der Waals surface area contributed by atoms with E-state index in [-0.39, 0.29) is 5.60 Å². The molecule has 8 heteroatoms. The predicted octanol–water partition coefficient (Wildman–Crippen LogP) is -0.293. The molecule has 0 saturated heterocycles. The topological polar surface area (TPSA) is 73.4 Å². The number of rotatable bonds is 5. The van der Waals surface area contributed by atoms with Crippen LogP contribution in [0.25, 0.3) is 15.9 Å². The lowest BCUT2D eigenvalue weighted by molar-refractivity contribution is -0.875. The molecular weight excluding hydrogens is 348 g/mol. The van der Waals surface area contributed by atoms with Gasteiger partial charge in [-0.15, -0.1) is 16.4 Å². The molecule has 0 saturated carbocycles. The summed E-state index contributed by atoms with van der Waals surface area (Å²) in [4.78, 5) is 13.5. The van der Waals surface area contributed by atoms with Crippen molar-refractivity contribution in [2.45, 2.75) is 45.9 Å². The first-order valence-electron chi connectivity index (χ1n) is 9.25. The highest BCUT2D eigenvalue weighted by Gasteiger charge is 2.31. The molecule has 4 heterocycles. The van der Waals surface area contributed by atoms with E-state index in [0.29, 0.717) is 6.61 Å². The molecule has 1 aliphatic rings. The van der Waals surface area contributed by atoms with Gasteiger partial charge in [-0.2, -0.15) is 4.52 Å². The molecular formula is C18H28N6OS+2. The van der Waals surface area contributed by atoms with Gasteiger partial charge in [0.15, 0.2) is 5.65 Å². The third-order valence-corrected chi connectivity index (χ3v) is 5.99. The van der Waals surface area contributed by atoms with Crippen molar-refractivity contribution in [1.82, 2.24) is 19.6 Å². The number of nitrogens with one attached hydrogen (secondary N) is 1. The fraction of sp³-hybridized carbons (Fsp3) is 0.611. The first-order chi connectivity index (χ1) is 12.3. The van der Waals surface area contributed by atoms with Crippen molar-refractivity contribution >= 4 is 27.2 Å². The Bertz CT molecular complexity index is 958. The summed E-state index contributed by atoms with van der Waals surface area (Å²) >= 11 is 1.74. The van der Waals surface area contributed by atoms with Crippen LogP contribution in [0.4, 0.5) is 0 Å². The molecule has 0 aliphatic carbocycles. The molecule has 3 N–H and O–H groups in total. The van der Waals surface area contributed by atoms with E-state index in [2.05, 4.69) is 33.3 Å². The lowest BCUT2D eigenvalue weighted by atomic mass is 9.94. The number of aromatic nitrogens is 4. The second kappa shape index (κ2) is 6.53. The Morgan fingerprint density at radius 2 is 2.12 bits per heavy atom. The molecule has 0 aromatic carbocycles. The SMILES string of the molecule is Cc1nc2sc3c(c2c2nc(C[NH2+]CC[NH+](C)C)nn12)CC(C)(C)OC3. The third kappa shape index (κ3) is 3.22. The molecule has 0 bridgehead atoms. The average molecular weight is 377 g/mol. The van der Waals surface area contributed by atoms with E-state index in [4.69, 9.17) is 19.8 Å². The minimum absolute atomic E-state index is 0.145. The minimum Gasteiger partial charge on any atom is -0.370 e. The van der Waals surface area contributed by atoms with E-state index in [1.165, 1.54) is 20.7 Å². The average Bonchev–Trinajstić information content (AvgIpc) is 3.11. The lowest BCUT2D eigenvalue weighted by Crippen LogP contribution is -3.09. The Morgan fingerprint density at radius 3 is 2.88 bits per heavy atom. The maximum absolute atomic E-state index is 5.99. The smallest absolute Gasteiger partial charge is 0.206 e. The first-order valence-corrected chi connectivity index (χ1v) is 10.1. The van der Waals surface area contributed by atoms with Gasteiger partial charge in [-0.1, -0.05) is 0 Å². The fourth-order valence-electron chi connectivity index (χ4n) is 3.49. The van der Waals surface area contributed by atoms with E-state index in [9.17, 15) is 0 Å². The fourth-order valence-corrected chi connectivity index (χ4v) is 4.64. The molecule has 3 aromatic heterocycles. The van der Waals surface area contributed by atoms with Crippen LogP contribution in [-0.2, 0) is 24.3 Å². The zero-order valence-corrected chi connectivity index (χ0v) is 17.0. The molecule has 3 aromatic rings. The maximum atomic E-state index is 5.99. The van der Waals surface area contributed by atoms with E-state index in [0.717, 1.165) is 48.2 Å². The van der Waals surface area contributed by atoms with Crippen LogP contribution in [0.1, 0.15) is 35.9 Å². The molecule has 7 nitrogen and oxygen atoms in total. The first kappa shape index (κ1) is 17.8. The summed E-state index contributed by atoms with van der Waals surface area (Å²) in [5.41, 5.74) is 2.15. The summed E-state index contributed by atoms with van der Waals surface area (Å²) in [5.74, 6) is 1.77. The van der Waals surface area contributed by atoms with Gasteiger partial charge in [0.25, 0.3) is 0 Å². The number of likely N-dealkylation sites (N-methyl/N-ethyl adjacent to an activating group) is 1. The van der Waals surface area contributed by atoms with Crippen LogP contribution < -0.4 is 10.2 Å². The van der Waals surface area contributed by atoms with Gasteiger partial charge < -0.3 is 15.0 Å².